The molecule has 0 radical (unpaired) electrons. The number of nitrogens with one attached hydrogen (secondary N) is 1. The van der Waals surface area contributed by atoms with Gasteiger partial charge in [-0.3, -0.25) is 14.5 Å². The van der Waals surface area contributed by atoms with Gasteiger partial charge in [-0.25, -0.2) is 0 Å². The van der Waals surface area contributed by atoms with E-state index in [0.29, 0.717) is 39.3 Å². The van der Waals surface area contributed by atoms with Gasteiger partial charge in [0.2, 0.25) is 11.8 Å². The monoisotopic (exact) mass is 367 g/mol. The number of hydrogen-bond acceptors (Lipinski definition) is 4. The molecule has 0 atom stereocenters. The maximum absolute atomic E-state index is 12.3. The average Bonchev–Trinajstić information content (AvgIpc) is 2.70. The van der Waals surface area contributed by atoms with Crippen molar-refractivity contribution in [2.24, 2.45) is 0 Å². The molecule has 2 aromatic carbocycles. The van der Waals surface area contributed by atoms with Crippen LogP contribution in [0.25, 0.3) is 0 Å². The van der Waals surface area contributed by atoms with Gasteiger partial charge < -0.3 is 15.0 Å². The minimum atomic E-state index is -0.0350. The van der Waals surface area contributed by atoms with Crippen LogP contribution in [0.3, 0.4) is 0 Å². The standard InChI is InChI=1S/C21H25N3O3/c25-20(22-19-9-5-2-6-10-19)15-23-11-13-24(14-12-23)21(26)17-27-16-18-7-3-1-4-8-18/h1-10H,11-17H2,(H,22,25). The fourth-order valence-corrected chi connectivity index (χ4v) is 3.00. The smallest absolute Gasteiger partial charge is 0.248 e. The zero-order valence-corrected chi connectivity index (χ0v) is 15.3. The zero-order valence-electron chi connectivity index (χ0n) is 15.3. The largest absolute Gasteiger partial charge is 0.367 e. The number of carbonyl (C=O) groups is 2. The molecule has 1 N–H and O–H groups in total. The van der Waals surface area contributed by atoms with Crippen LogP contribution in [0.2, 0.25) is 0 Å². The number of hydrogen-bond donors (Lipinski definition) is 1. The van der Waals surface area contributed by atoms with E-state index in [0.717, 1.165) is 11.3 Å². The highest BCUT2D eigenvalue weighted by Gasteiger charge is 2.22. The Morgan fingerprint density at radius 1 is 0.889 bits per heavy atom. The Labute approximate surface area is 159 Å². The summed E-state index contributed by atoms with van der Waals surface area (Å²) in [4.78, 5) is 28.2. The molecule has 1 saturated heterocycles. The normalized spacial score (nSPS) is 14.7. The van der Waals surface area contributed by atoms with E-state index in [1.807, 2.05) is 60.7 Å². The number of ether oxygens (including phenoxy) is 1. The van der Waals surface area contributed by atoms with Crippen LogP contribution in [0.5, 0.6) is 0 Å². The Kier molecular flexibility index (Phi) is 6.96. The van der Waals surface area contributed by atoms with Gasteiger partial charge in [-0.15, -0.1) is 0 Å². The van der Waals surface area contributed by atoms with Gasteiger partial charge in [0.05, 0.1) is 13.2 Å². The predicted octanol–water partition coefficient (Wildman–Crippen LogP) is 1.99. The molecule has 0 saturated carbocycles. The van der Waals surface area contributed by atoms with Crippen LogP contribution in [-0.4, -0.2) is 60.9 Å². The molecule has 142 valence electrons. The van der Waals surface area contributed by atoms with Crippen molar-refractivity contribution >= 4 is 17.5 Å². The summed E-state index contributed by atoms with van der Waals surface area (Å²) in [6.45, 7) is 3.47. The number of benzene rings is 2. The molecule has 2 amide bonds. The summed E-state index contributed by atoms with van der Waals surface area (Å²) in [6.07, 6.45) is 0. The van der Waals surface area contributed by atoms with Gasteiger partial charge in [-0.2, -0.15) is 0 Å². The third kappa shape index (κ3) is 6.20. The third-order valence-electron chi connectivity index (χ3n) is 4.49. The number of nitrogens with zero attached hydrogens (tertiary/aromatic N) is 2. The van der Waals surface area contributed by atoms with Gasteiger partial charge >= 0.3 is 0 Å². The van der Waals surface area contributed by atoms with Gasteiger partial charge in [0.15, 0.2) is 0 Å². The maximum Gasteiger partial charge on any atom is 0.248 e. The molecule has 0 unspecified atom stereocenters. The van der Waals surface area contributed by atoms with Crippen molar-refractivity contribution in [3.63, 3.8) is 0 Å². The maximum atomic E-state index is 12.3. The molecule has 3 rings (SSSR count). The van der Waals surface area contributed by atoms with Crippen LogP contribution in [-0.2, 0) is 20.9 Å². The van der Waals surface area contributed by atoms with Crippen LogP contribution in [0.4, 0.5) is 5.69 Å². The lowest BCUT2D eigenvalue weighted by Crippen LogP contribution is -2.51. The summed E-state index contributed by atoms with van der Waals surface area (Å²) in [6, 6.07) is 19.2. The second-order valence-corrected chi connectivity index (χ2v) is 6.55. The molecule has 0 aromatic heterocycles. The van der Waals surface area contributed by atoms with Crippen molar-refractivity contribution in [1.82, 2.24) is 9.80 Å². The summed E-state index contributed by atoms with van der Waals surface area (Å²) in [7, 11) is 0. The number of carbonyl (C=O) groups excluding carboxylic acids is 2. The first kappa shape index (κ1) is 19.1. The second-order valence-electron chi connectivity index (χ2n) is 6.55. The van der Waals surface area contributed by atoms with Crippen molar-refractivity contribution in [2.45, 2.75) is 6.61 Å². The van der Waals surface area contributed by atoms with Crippen molar-refractivity contribution in [3.05, 3.63) is 66.2 Å². The minimum Gasteiger partial charge on any atom is -0.367 e. The van der Waals surface area contributed by atoms with Crippen molar-refractivity contribution in [3.8, 4) is 0 Å². The first-order chi connectivity index (χ1) is 13.2. The number of para-hydroxylation sites is 1. The van der Waals surface area contributed by atoms with Gasteiger partial charge in [-0.05, 0) is 17.7 Å². The molecule has 0 spiro atoms. The van der Waals surface area contributed by atoms with Gasteiger partial charge in [0.25, 0.3) is 0 Å². The highest BCUT2D eigenvalue weighted by atomic mass is 16.5. The molecule has 1 fully saturated rings. The molecule has 27 heavy (non-hydrogen) atoms. The van der Waals surface area contributed by atoms with Gasteiger partial charge in [0.1, 0.15) is 6.61 Å². The third-order valence-corrected chi connectivity index (χ3v) is 4.49. The molecular weight excluding hydrogens is 342 g/mol. The molecule has 1 aliphatic heterocycles. The lowest BCUT2D eigenvalue weighted by molar-refractivity contribution is -0.138. The molecule has 6 nitrogen and oxygen atoms in total. The number of rotatable bonds is 7. The topological polar surface area (TPSA) is 61.9 Å². The number of piperazine rings is 1. The summed E-state index contributed by atoms with van der Waals surface area (Å²) < 4.78 is 5.52. The SMILES string of the molecule is O=C(CN1CCN(C(=O)COCc2ccccc2)CC1)Nc1ccccc1. The van der Waals surface area contributed by atoms with E-state index in [9.17, 15) is 9.59 Å². The molecule has 0 bridgehead atoms. The van der Waals surface area contributed by atoms with Crippen LogP contribution in [0, 0.1) is 0 Å². The van der Waals surface area contributed by atoms with Gasteiger partial charge in [0, 0.05) is 31.9 Å². The molecule has 2 aromatic rings. The Balaban J connectivity index is 1.34. The quantitative estimate of drug-likeness (QED) is 0.813. The minimum absolute atomic E-state index is 0.000631. The van der Waals surface area contributed by atoms with Crippen LogP contribution < -0.4 is 5.32 Å². The van der Waals surface area contributed by atoms with Crippen molar-refractivity contribution in [1.29, 1.82) is 0 Å². The Hall–Kier alpha value is -2.70. The first-order valence-electron chi connectivity index (χ1n) is 9.17. The summed E-state index contributed by atoms with van der Waals surface area (Å²) >= 11 is 0. The average molecular weight is 367 g/mol. The van der Waals surface area contributed by atoms with Crippen LogP contribution >= 0.6 is 0 Å². The molecule has 0 aliphatic carbocycles. The highest BCUT2D eigenvalue weighted by molar-refractivity contribution is 5.92. The number of anilines is 1. The van der Waals surface area contributed by atoms with Gasteiger partial charge in [-0.1, -0.05) is 48.5 Å². The van der Waals surface area contributed by atoms with E-state index in [2.05, 4.69) is 10.2 Å². The van der Waals surface area contributed by atoms with E-state index >= 15 is 0 Å². The van der Waals surface area contributed by atoms with Crippen molar-refractivity contribution < 1.29 is 14.3 Å². The molecule has 6 heteroatoms. The number of amides is 2. The molecule has 1 heterocycles. The van der Waals surface area contributed by atoms with Crippen molar-refractivity contribution in [2.75, 3.05) is 44.6 Å². The Bertz CT molecular complexity index is 729. The second kappa shape index (κ2) is 9.85. The van der Waals surface area contributed by atoms with E-state index < -0.39 is 0 Å². The fourth-order valence-electron chi connectivity index (χ4n) is 3.00. The van der Waals surface area contributed by atoms with E-state index in [-0.39, 0.29) is 18.4 Å². The Morgan fingerprint density at radius 2 is 1.52 bits per heavy atom. The summed E-state index contributed by atoms with van der Waals surface area (Å²) in [5.74, 6) is -0.0357. The predicted molar refractivity (Wildman–Crippen MR) is 104 cm³/mol. The highest BCUT2D eigenvalue weighted by Crippen LogP contribution is 2.07. The lowest BCUT2D eigenvalue weighted by Gasteiger charge is -2.34. The summed E-state index contributed by atoms with van der Waals surface area (Å²) in [5.41, 5.74) is 1.85. The first-order valence-corrected chi connectivity index (χ1v) is 9.17. The van der Waals surface area contributed by atoms with E-state index in [1.54, 1.807) is 4.90 Å². The molecule has 1 aliphatic rings. The van der Waals surface area contributed by atoms with E-state index in [4.69, 9.17) is 4.74 Å². The Morgan fingerprint density at radius 3 is 2.19 bits per heavy atom. The van der Waals surface area contributed by atoms with Crippen LogP contribution in [0.15, 0.2) is 60.7 Å². The van der Waals surface area contributed by atoms with Crippen LogP contribution in [0.1, 0.15) is 5.56 Å². The lowest BCUT2D eigenvalue weighted by atomic mass is 10.2. The fraction of sp³-hybridized carbons (Fsp3) is 0.333. The molecular formula is C21H25N3O3. The summed E-state index contributed by atoms with van der Waals surface area (Å²) in [5, 5.41) is 2.89. The van der Waals surface area contributed by atoms with E-state index in [1.165, 1.54) is 0 Å². The zero-order chi connectivity index (χ0) is 18.9.